The van der Waals surface area contributed by atoms with Crippen molar-refractivity contribution >= 4 is 121 Å². The monoisotopic (exact) mass is 1770 g/mol. The molecule has 6 heteroatoms. The van der Waals surface area contributed by atoms with E-state index < -0.39 is 0 Å². The van der Waals surface area contributed by atoms with E-state index in [2.05, 4.69) is 504 Å². The van der Waals surface area contributed by atoms with Crippen LogP contribution < -0.4 is 9.80 Å². The third kappa shape index (κ3) is 13.8. The highest BCUT2D eigenvalue weighted by Crippen LogP contribution is 2.64. The summed E-state index contributed by atoms with van der Waals surface area (Å²) in [7, 11) is 0. The first-order chi connectivity index (χ1) is 64.5. The lowest BCUT2D eigenvalue weighted by Crippen LogP contribution is -2.30. The minimum Gasteiger partial charge on any atom is -0.310 e. The van der Waals surface area contributed by atoms with Crippen molar-refractivity contribution in [1.29, 1.82) is 0 Å². The molecule has 0 fully saturated rings. The van der Waals surface area contributed by atoms with Crippen LogP contribution in [0.5, 0.6) is 0 Å². The van der Waals surface area contributed by atoms with Gasteiger partial charge in [-0.2, -0.15) is 0 Å². The zero-order valence-electron chi connectivity index (χ0n) is 83.9. The summed E-state index contributed by atoms with van der Waals surface area (Å²) in [6.45, 7) is 56.4. The smallest absolute Gasteiger partial charge is 0.0545 e. The van der Waals surface area contributed by atoms with Crippen molar-refractivity contribution < 1.29 is 0 Å². The molecular formula is C130H126N6. The van der Waals surface area contributed by atoms with Crippen LogP contribution in [0.1, 0.15) is 244 Å². The zero-order chi connectivity index (χ0) is 94.8. The van der Waals surface area contributed by atoms with Crippen molar-refractivity contribution in [3.8, 4) is 56.1 Å². The lowest BCUT2D eigenvalue weighted by molar-refractivity contribution is 0.590. The van der Waals surface area contributed by atoms with Gasteiger partial charge < -0.3 is 28.1 Å². The zero-order valence-corrected chi connectivity index (χ0v) is 83.9. The predicted molar refractivity (Wildman–Crippen MR) is 583 cm³/mol. The molecule has 20 aromatic rings. The minimum atomic E-state index is -0.301. The number of anilines is 6. The van der Waals surface area contributed by atoms with Crippen molar-refractivity contribution in [1.82, 2.24) is 18.3 Å². The lowest BCUT2D eigenvalue weighted by Gasteiger charge is -2.46. The third-order valence-electron chi connectivity index (χ3n) is 30.6. The number of fused-ring (bicyclic) bond motifs is 19. The quantitative estimate of drug-likeness (QED) is 0.152. The van der Waals surface area contributed by atoms with Gasteiger partial charge in [0.05, 0.1) is 83.9 Å². The maximum Gasteiger partial charge on any atom is 0.0545 e. The van der Waals surface area contributed by atoms with E-state index in [4.69, 9.17) is 0 Å². The molecule has 0 N–H and O–H groups in total. The summed E-state index contributed by atoms with van der Waals surface area (Å²) in [4.78, 5) is 5.49. The predicted octanol–water partition coefficient (Wildman–Crippen LogP) is 36.1. The molecule has 676 valence electrons. The Labute approximate surface area is 803 Å². The van der Waals surface area contributed by atoms with E-state index >= 15 is 0 Å². The molecule has 1 unspecified atom stereocenters. The first kappa shape index (κ1) is 86.4. The highest BCUT2D eigenvalue weighted by atomic mass is 15.2. The van der Waals surface area contributed by atoms with Gasteiger partial charge in [-0.05, 0) is 307 Å². The molecule has 23 rings (SSSR count). The van der Waals surface area contributed by atoms with Crippen molar-refractivity contribution in [2.24, 2.45) is 0 Å². The highest BCUT2D eigenvalue weighted by molar-refractivity contribution is 6.15. The van der Waals surface area contributed by atoms with Gasteiger partial charge in [-0.1, -0.05) is 312 Å². The Morgan fingerprint density at radius 2 is 0.463 bits per heavy atom. The molecule has 3 aliphatic rings. The van der Waals surface area contributed by atoms with Crippen LogP contribution in [-0.2, 0) is 49.7 Å². The van der Waals surface area contributed by atoms with Crippen LogP contribution >= 0.6 is 0 Å². The van der Waals surface area contributed by atoms with Crippen LogP contribution in [0.2, 0.25) is 0 Å². The normalized spacial score (nSPS) is 14.3. The van der Waals surface area contributed by atoms with E-state index in [1.54, 1.807) is 0 Å². The van der Waals surface area contributed by atoms with E-state index in [1.807, 2.05) is 0 Å². The Kier molecular flexibility index (Phi) is 19.0. The van der Waals surface area contributed by atoms with Crippen molar-refractivity contribution in [2.45, 2.75) is 222 Å². The van der Waals surface area contributed by atoms with Crippen LogP contribution in [0.25, 0.3) is 143 Å². The molecule has 4 aromatic heterocycles. The number of rotatable bonds is 8. The van der Waals surface area contributed by atoms with Gasteiger partial charge in [0.2, 0.25) is 0 Å². The molecule has 6 heterocycles. The van der Waals surface area contributed by atoms with E-state index in [-0.39, 0.29) is 49.2 Å². The molecule has 0 saturated heterocycles. The van der Waals surface area contributed by atoms with Gasteiger partial charge in [0, 0.05) is 78.1 Å². The second kappa shape index (κ2) is 29.9. The Bertz CT molecular complexity index is 8090. The molecule has 0 amide bonds. The van der Waals surface area contributed by atoms with Crippen LogP contribution in [0.15, 0.2) is 309 Å². The number of hydrogen-bond donors (Lipinski definition) is 0. The molecule has 0 spiro atoms. The number of aromatic nitrogens is 4. The van der Waals surface area contributed by atoms with E-state index in [9.17, 15) is 0 Å². The van der Waals surface area contributed by atoms with Gasteiger partial charge in [-0.25, -0.2) is 0 Å². The maximum absolute atomic E-state index is 2.78. The summed E-state index contributed by atoms with van der Waals surface area (Å²) in [6, 6.07) is 123. The Morgan fingerprint density at radius 3 is 0.779 bits per heavy atom. The fraction of sp³-hybridized carbons (Fsp3) is 0.262. The van der Waals surface area contributed by atoms with Gasteiger partial charge in [0.25, 0.3) is 0 Å². The van der Waals surface area contributed by atoms with Crippen molar-refractivity contribution in [3.63, 3.8) is 0 Å². The minimum absolute atomic E-state index is 0.0537. The molecule has 16 aromatic carbocycles. The molecule has 1 atom stereocenters. The van der Waals surface area contributed by atoms with E-state index in [0.717, 1.165) is 84.5 Å². The average molecular weight is 1770 g/mol. The fourth-order valence-corrected chi connectivity index (χ4v) is 22.8. The first-order valence-corrected chi connectivity index (χ1v) is 49.4. The Balaban J connectivity index is 0.866. The Morgan fingerprint density at radius 1 is 0.191 bits per heavy atom. The molecular weight excluding hydrogens is 1650 g/mol. The van der Waals surface area contributed by atoms with Crippen LogP contribution in [0, 0.1) is 0 Å². The standard InChI is InChI=1S/C130H126N6/c1-123(2,3)81-41-53-109-97(64-81)98-65-82(124(4,5)6)42-54-110(98)131(109)89-49-51-95-117(72-89)134(91-62-79(77-33-27-25-28-34-77)61-80(63-91)78-35-29-26-30-36-78)119-74-92(133-113-57-45-85(127(13,14)15)68-101(113)102-69-86(128(16,17)18)46-58-114(102)133)75-120-122(119)121(95)96-52-50-90(132-111-55-43-83(125(7,8)9)66-99(111)100-67-84(126(10,11)12)44-56-112(100)132)73-118(96)136(120)108-40-32-38-94-93-37-31-39-107(105(93)76-106(94)108)135-115-59-47-87(129(19,20)21)70-103(115)104-71-88(130(22,23)24)48-60-116(104)135/h25-75,121H,76H2,1-24H3. The van der Waals surface area contributed by atoms with Gasteiger partial charge >= 0.3 is 0 Å². The molecule has 6 nitrogen and oxygen atoms in total. The van der Waals surface area contributed by atoms with Crippen LogP contribution in [-0.4, -0.2) is 18.3 Å². The lowest BCUT2D eigenvalue weighted by atomic mass is 9.75. The van der Waals surface area contributed by atoms with Gasteiger partial charge in [0.15, 0.2) is 0 Å². The SMILES string of the molecule is CC(C)(C)c1ccc2c(c1)c1cc(C(C)(C)C)ccc1n2-c1ccc2c(c1)N(c1cc(-c3ccccc3)cc(-c3ccccc3)c1)c1cc(-n3c4ccc(C(C)(C)C)cc4c4cc(C(C)(C)C)ccc43)cc3c1C2c1ccc(-n2c4ccc(C(C)(C)C)cc4c4cc(C(C)(C)C)ccc42)cc1N3c1cccc2c1Cc1c-2cccc1-n1c2ccc(C(C)(C)C)cc2c2cc(C(C)(C)C)ccc21. The summed E-state index contributed by atoms with van der Waals surface area (Å²) in [5.41, 5.74) is 43.9. The first-order valence-electron chi connectivity index (χ1n) is 49.4. The molecule has 1 aliphatic carbocycles. The Hall–Kier alpha value is -13.7. The molecule has 0 bridgehead atoms. The summed E-state index contributed by atoms with van der Waals surface area (Å²) >= 11 is 0. The third-order valence-corrected chi connectivity index (χ3v) is 30.6. The van der Waals surface area contributed by atoms with Crippen molar-refractivity contribution in [3.05, 3.63) is 382 Å². The summed E-state index contributed by atoms with van der Waals surface area (Å²) in [5, 5.41) is 10.1. The van der Waals surface area contributed by atoms with Crippen LogP contribution in [0.3, 0.4) is 0 Å². The molecule has 136 heavy (non-hydrogen) atoms. The summed E-state index contributed by atoms with van der Waals surface area (Å²) in [5.74, 6) is -0.301. The summed E-state index contributed by atoms with van der Waals surface area (Å²) in [6.07, 6.45) is 0.692. The van der Waals surface area contributed by atoms with Gasteiger partial charge in [-0.3, -0.25) is 0 Å². The second-order valence-electron chi connectivity index (χ2n) is 48.0. The van der Waals surface area contributed by atoms with E-state index in [1.165, 1.54) is 165 Å². The summed E-state index contributed by atoms with van der Waals surface area (Å²) < 4.78 is 10.4. The van der Waals surface area contributed by atoms with E-state index in [0.29, 0.717) is 6.42 Å². The molecule has 0 saturated carbocycles. The number of benzene rings is 16. The average Bonchev–Trinajstić information content (AvgIpc) is 1.09. The fourth-order valence-electron chi connectivity index (χ4n) is 22.8. The van der Waals surface area contributed by atoms with Crippen molar-refractivity contribution in [2.75, 3.05) is 9.80 Å². The topological polar surface area (TPSA) is 26.2 Å². The van der Waals surface area contributed by atoms with Gasteiger partial charge in [0.1, 0.15) is 0 Å². The largest absolute Gasteiger partial charge is 0.310 e. The molecule has 0 radical (unpaired) electrons. The van der Waals surface area contributed by atoms with Crippen LogP contribution in [0.4, 0.5) is 34.1 Å². The van der Waals surface area contributed by atoms with Gasteiger partial charge in [-0.15, -0.1) is 0 Å². The number of hydrogen-bond acceptors (Lipinski definition) is 2. The molecule has 2 aliphatic heterocycles. The second-order valence-corrected chi connectivity index (χ2v) is 48.0. The maximum atomic E-state index is 2.78. The highest BCUT2D eigenvalue weighted by Gasteiger charge is 2.45. The number of nitrogens with zero attached hydrogens (tertiary/aromatic N) is 6.